The highest BCUT2D eigenvalue weighted by molar-refractivity contribution is 5.94. The zero-order valence-corrected chi connectivity index (χ0v) is 27.2. The summed E-state index contributed by atoms with van der Waals surface area (Å²) in [6.45, 7) is 14.0. The summed E-state index contributed by atoms with van der Waals surface area (Å²) >= 11 is 0. The van der Waals surface area contributed by atoms with E-state index in [0.29, 0.717) is 19.1 Å². The van der Waals surface area contributed by atoms with Crippen LogP contribution in [0.2, 0.25) is 0 Å². The molecule has 4 amide bonds. The molecule has 0 bridgehead atoms. The maximum atomic E-state index is 13.5. The van der Waals surface area contributed by atoms with Gasteiger partial charge in [0.05, 0.1) is 6.04 Å². The quantitative estimate of drug-likeness (QED) is 0.152. The lowest BCUT2D eigenvalue weighted by molar-refractivity contribution is -0.155. The van der Waals surface area contributed by atoms with Crippen LogP contribution in [0, 0.1) is 11.8 Å². The average Bonchev–Trinajstić information content (AvgIpc) is 2.95. The number of aldehydes is 1. The monoisotopic (exact) mass is 618 g/mol. The Balaban J connectivity index is 3.04. The Morgan fingerprint density at radius 3 is 2.05 bits per heavy atom. The number of rotatable bonds is 17. The van der Waals surface area contributed by atoms with E-state index in [2.05, 4.69) is 21.3 Å². The van der Waals surface area contributed by atoms with Gasteiger partial charge in [-0.15, -0.1) is 0 Å². The lowest BCUT2D eigenvalue weighted by atomic mass is 9.97. The molecule has 0 saturated carbocycles. The number of carbonyl (C=O) groups is 6. The van der Waals surface area contributed by atoms with E-state index in [1.165, 1.54) is 6.92 Å². The topological polar surface area (TPSA) is 169 Å². The minimum atomic E-state index is -1.24. The molecule has 0 aromatic heterocycles. The van der Waals surface area contributed by atoms with Gasteiger partial charge in [-0.05, 0) is 57.9 Å². The minimum absolute atomic E-state index is 0.00448. The van der Waals surface area contributed by atoms with Crippen LogP contribution in [0.3, 0.4) is 0 Å². The molecule has 4 N–H and O–H groups in total. The second-order valence-electron chi connectivity index (χ2n) is 12.4. The molecular weight excluding hydrogens is 568 g/mol. The summed E-state index contributed by atoms with van der Waals surface area (Å²) in [5.41, 5.74) is 0.0227. The maximum absolute atomic E-state index is 13.5. The normalized spacial score (nSPS) is 14.7. The van der Waals surface area contributed by atoms with Gasteiger partial charge in [-0.1, -0.05) is 64.4 Å². The van der Waals surface area contributed by atoms with Crippen molar-refractivity contribution >= 4 is 36.1 Å². The third kappa shape index (κ3) is 15.0. The van der Waals surface area contributed by atoms with E-state index in [0.717, 1.165) is 5.56 Å². The van der Waals surface area contributed by atoms with Crippen LogP contribution in [0.25, 0.3) is 0 Å². The van der Waals surface area contributed by atoms with E-state index in [9.17, 15) is 28.8 Å². The first-order chi connectivity index (χ1) is 20.6. The van der Waals surface area contributed by atoms with Crippen molar-refractivity contribution in [2.75, 3.05) is 0 Å². The molecule has 2 unspecified atom stereocenters. The highest BCUT2D eigenvalue weighted by Gasteiger charge is 2.32. The van der Waals surface area contributed by atoms with Gasteiger partial charge in [-0.2, -0.15) is 0 Å². The highest BCUT2D eigenvalue weighted by Crippen LogP contribution is 2.13. The summed E-state index contributed by atoms with van der Waals surface area (Å²) in [6.07, 6.45) is 0.471. The SMILES string of the molecule is CCC(C)C(NC(=O)OCc1ccccc1)C(=O)N[C@@H](CCC(=O)OC(C)(C)C)C(=O)N[C@@H](C)C(=O)N[C@H](C=O)CC(C)C. The molecule has 1 rings (SSSR count). The summed E-state index contributed by atoms with van der Waals surface area (Å²) in [5, 5.41) is 10.4. The van der Waals surface area contributed by atoms with E-state index < -0.39 is 59.6 Å². The maximum Gasteiger partial charge on any atom is 0.408 e. The van der Waals surface area contributed by atoms with Crippen molar-refractivity contribution in [3.05, 3.63) is 35.9 Å². The molecule has 0 aliphatic rings. The van der Waals surface area contributed by atoms with Crippen molar-refractivity contribution in [3.63, 3.8) is 0 Å². The van der Waals surface area contributed by atoms with Gasteiger partial charge in [0, 0.05) is 6.42 Å². The van der Waals surface area contributed by atoms with E-state index >= 15 is 0 Å². The van der Waals surface area contributed by atoms with Gasteiger partial charge in [0.1, 0.15) is 36.6 Å². The van der Waals surface area contributed by atoms with Gasteiger partial charge in [0.2, 0.25) is 17.7 Å². The third-order valence-electron chi connectivity index (χ3n) is 6.64. The van der Waals surface area contributed by atoms with Crippen molar-refractivity contribution in [1.29, 1.82) is 0 Å². The van der Waals surface area contributed by atoms with Gasteiger partial charge < -0.3 is 35.5 Å². The number of benzene rings is 1. The van der Waals surface area contributed by atoms with Gasteiger partial charge in [0.25, 0.3) is 0 Å². The second-order valence-corrected chi connectivity index (χ2v) is 12.4. The molecule has 44 heavy (non-hydrogen) atoms. The van der Waals surface area contributed by atoms with E-state index in [4.69, 9.17) is 9.47 Å². The molecule has 0 spiro atoms. The van der Waals surface area contributed by atoms with Crippen molar-refractivity contribution < 1.29 is 38.2 Å². The smallest absolute Gasteiger partial charge is 0.408 e. The molecule has 0 fully saturated rings. The molecule has 5 atom stereocenters. The third-order valence-corrected chi connectivity index (χ3v) is 6.64. The molecule has 0 radical (unpaired) electrons. The summed E-state index contributed by atoms with van der Waals surface area (Å²) in [4.78, 5) is 75.9. The predicted octanol–water partition coefficient (Wildman–Crippen LogP) is 3.17. The Bertz CT molecular complexity index is 1100. The number of nitrogens with one attached hydrogen (secondary N) is 4. The Kier molecular flexibility index (Phi) is 16.1. The van der Waals surface area contributed by atoms with Crippen LogP contribution in [0.1, 0.15) is 86.6 Å². The highest BCUT2D eigenvalue weighted by atomic mass is 16.6. The molecule has 0 aliphatic carbocycles. The van der Waals surface area contributed by atoms with Crippen molar-refractivity contribution in [2.24, 2.45) is 11.8 Å². The number of ether oxygens (including phenoxy) is 2. The average molecular weight is 619 g/mol. The van der Waals surface area contributed by atoms with Crippen LogP contribution >= 0.6 is 0 Å². The largest absolute Gasteiger partial charge is 0.460 e. The fourth-order valence-electron chi connectivity index (χ4n) is 4.12. The number of hydrogen-bond donors (Lipinski definition) is 4. The zero-order valence-electron chi connectivity index (χ0n) is 27.2. The van der Waals surface area contributed by atoms with Gasteiger partial charge in [-0.25, -0.2) is 4.79 Å². The van der Waals surface area contributed by atoms with E-state index in [1.54, 1.807) is 39.8 Å². The Labute approximate surface area is 260 Å². The fraction of sp³-hybridized carbons (Fsp3) is 0.625. The van der Waals surface area contributed by atoms with Crippen molar-refractivity contribution in [2.45, 2.75) is 117 Å². The first-order valence-corrected chi connectivity index (χ1v) is 15.1. The predicted molar refractivity (Wildman–Crippen MR) is 165 cm³/mol. The number of carbonyl (C=O) groups excluding carboxylic acids is 6. The fourth-order valence-corrected chi connectivity index (χ4v) is 4.12. The first-order valence-electron chi connectivity index (χ1n) is 15.1. The molecule has 12 heteroatoms. The number of alkyl carbamates (subject to hydrolysis) is 1. The van der Waals surface area contributed by atoms with Gasteiger partial charge in [0.15, 0.2) is 0 Å². The molecule has 12 nitrogen and oxygen atoms in total. The second kappa shape index (κ2) is 18.6. The zero-order chi connectivity index (χ0) is 33.4. The Morgan fingerprint density at radius 1 is 0.864 bits per heavy atom. The molecule has 1 aromatic carbocycles. The van der Waals surface area contributed by atoms with E-state index in [-0.39, 0.29) is 31.3 Å². The molecule has 0 saturated heterocycles. The van der Waals surface area contributed by atoms with Gasteiger partial charge >= 0.3 is 12.1 Å². The first kappa shape index (κ1) is 38.1. The minimum Gasteiger partial charge on any atom is -0.460 e. The summed E-state index contributed by atoms with van der Waals surface area (Å²) < 4.78 is 10.6. The molecule has 0 aliphatic heterocycles. The molecule has 246 valence electrons. The van der Waals surface area contributed by atoms with Crippen LogP contribution in [-0.2, 0) is 40.1 Å². The molecular formula is C32H50N4O8. The molecule has 0 heterocycles. The van der Waals surface area contributed by atoms with Crippen LogP contribution in [0.5, 0.6) is 0 Å². The number of amides is 4. The van der Waals surface area contributed by atoms with Crippen LogP contribution in [0.4, 0.5) is 4.79 Å². The van der Waals surface area contributed by atoms with Gasteiger partial charge in [-0.3, -0.25) is 19.2 Å². The lowest BCUT2D eigenvalue weighted by Gasteiger charge is -2.27. The Hall–Kier alpha value is -3.96. The Morgan fingerprint density at radius 2 is 1.50 bits per heavy atom. The van der Waals surface area contributed by atoms with Crippen LogP contribution in [-0.4, -0.2) is 65.8 Å². The van der Waals surface area contributed by atoms with Crippen LogP contribution in [0.15, 0.2) is 30.3 Å². The van der Waals surface area contributed by atoms with Crippen LogP contribution < -0.4 is 21.3 Å². The lowest BCUT2D eigenvalue weighted by Crippen LogP contribution is -2.58. The molecule has 1 aromatic rings. The standard InChI is InChI=1S/C32H50N4O8/c1-9-21(4)27(36-31(42)43-19-23-13-11-10-12-14-23)30(41)35-25(15-16-26(38)44-32(6,7)8)29(40)33-22(5)28(39)34-24(18-37)17-20(2)3/h10-14,18,20-22,24-25,27H,9,15-17,19H2,1-8H3,(H,33,40)(H,34,39)(H,35,41)(H,36,42)/t21?,22-,24-,25-,27?/m0/s1. The van der Waals surface area contributed by atoms with Crippen molar-refractivity contribution in [1.82, 2.24) is 21.3 Å². The van der Waals surface area contributed by atoms with Crippen molar-refractivity contribution in [3.8, 4) is 0 Å². The summed E-state index contributed by atoms with van der Waals surface area (Å²) in [6, 6.07) is 5.00. The van der Waals surface area contributed by atoms with E-state index in [1.807, 2.05) is 39.0 Å². The summed E-state index contributed by atoms with van der Waals surface area (Å²) in [5.74, 6) is -2.70. The number of esters is 1. The number of hydrogen-bond acceptors (Lipinski definition) is 8. The summed E-state index contributed by atoms with van der Waals surface area (Å²) in [7, 11) is 0.